The Morgan fingerprint density at radius 3 is 1.62 bits per heavy atom. The molecular formula is C16H30O7Si. The zero-order chi connectivity index (χ0) is 16.7. The molecule has 3 heterocycles. The molecule has 3 rings (SSSR count). The minimum Gasteiger partial charge on any atom is -0.428 e. The van der Waals surface area contributed by atoms with Crippen molar-refractivity contribution in [2.24, 2.45) is 0 Å². The second-order valence-electron chi connectivity index (χ2n) is 6.64. The van der Waals surface area contributed by atoms with Gasteiger partial charge in [-0.3, -0.25) is 0 Å². The van der Waals surface area contributed by atoms with E-state index in [4.69, 9.17) is 32.8 Å². The van der Waals surface area contributed by atoms with Gasteiger partial charge in [0, 0.05) is 13.0 Å². The van der Waals surface area contributed by atoms with Crippen LogP contribution in [0.2, 0.25) is 0 Å². The van der Waals surface area contributed by atoms with Gasteiger partial charge in [0.15, 0.2) is 0 Å². The van der Waals surface area contributed by atoms with Crippen LogP contribution in [-0.4, -0.2) is 81.0 Å². The van der Waals surface area contributed by atoms with Crippen LogP contribution >= 0.6 is 0 Å². The maximum atomic E-state index is 6.04. The summed E-state index contributed by atoms with van der Waals surface area (Å²) < 4.78 is 39.1. The Balaban J connectivity index is 1.45. The molecule has 8 heteroatoms. The Labute approximate surface area is 146 Å². The van der Waals surface area contributed by atoms with Crippen molar-refractivity contribution >= 4 is 10.5 Å². The van der Waals surface area contributed by atoms with Crippen molar-refractivity contribution in [1.29, 1.82) is 0 Å². The molecule has 3 fully saturated rings. The standard InChI is InChI=1S/C16H30O7Si/c24-23-6-4-2-1-3-5-16(20-10-13-7-17-13,21-11-14-8-18-14)22-12-15-9-19-15/h13-15H,1-12H2,24H3. The van der Waals surface area contributed by atoms with E-state index < -0.39 is 5.97 Å². The molecular weight excluding hydrogens is 332 g/mol. The molecule has 0 saturated carbocycles. The molecule has 3 aliphatic rings. The summed E-state index contributed by atoms with van der Waals surface area (Å²) in [7, 11) is 0.819. The van der Waals surface area contributed by atoms with E-state index >= 15 is 0 Å². The lowest BCUT2D eigenvalue weighted by Crippen LogP contribution is -2.42. The molecule has 3 aliphatic heterocycles. The van der Waals surface area contributed by atoms with Gasteiger partial charge in [-0.2, -0.15) is 0 Å². The second-order valence-corrected chi connectivity index (χ2v) is 7.22. The summed E-state index contributed by atoms with van der Waals surface area (Å²) in [5.41, 5.74) is 0. The van der Waals surface area contributed by atoms with E-state index in [2.05, 4.69) is 0 Å². The van der Waals surface area contributed by atoms with Gasteiger partial charge in [0.25, 0.3) is 5.97 Å². The number of rotatable bonds is 16. The van der Waals surface area contributed by atoms with Crippen LogP contribution in [-0.2, 0) is 32.8 Å². The van der Waals surface area contributed by atoms with E-state index in [0.29, 0.717) is 26.2 Å². The van der Waals surface area contributed by atoms with Gasteiger partial charge in [-0.15, -0.1) is 0 Å². The molecule has 3 atom stereocenters. The molecule has 0 N–H and O–H groups in total. The van der Waals surface area contributed by atoms with Gasteiger partial charge in [0.05, 0.1) is 39.6 Å². The minimum absolute atomic E-state index is 0.178. The van der Waals surface area contributed by atoms with Gasteiger partial charge in [-0.1, -0.05) is 12.8 Å². The van der Waals surface area contributed by atoms with Crippen LogP contribution in [0.25, 0.3) is 0 Å². The van der Waals surface area contributed by atoms with Crippen molar-refractivity contribution in [2.75, 3.05) is 46.2 Å². The Morgan fingerprint density at radius 2 is 1.21 bits per heavy atom. The third kappa shape index (κ3) is 7.45. The predicted molar refractivity (Wildman–Crippen MR) is 88.8 cm³/mol. The smallest absolute Gasteiger partial charge is 0.283 e. The van der Waals surface area contributed by atoms with Gasteiger partial charge < -0.3 is 32.8 Å². The highest BCUT2D eigenvalue weighted by atomic mass is 28.2. The van der Waals surface area contributed by atoms with Crippen LogP contribution in [0.5, 0.6) is 0 Å². The molecule has 0 spiro atoms. The van der Waals surface area contributed by atoms with E-state index in [0.717, 1.165) is 62.6 Å². The van der Waals surface area contributed by atoms with Crippen LogP contribution in [0.1, 0.15) is 32.1 Å². The molecule has 0 bridgehead atoms. The van der Waals surface area contributed by atoms with E-state index in [1.165, 1.54) is 0 Å². The van der Waals surface area contributed by atoms with Crippen molar-refractivity contribution in [3.05, 3.63) is 0 Å². The molecule has 7 nitrogen and oxygen atoms in total. The van der Waals surface area contributed by atoms with Gasteiger partial charge in [0.1, 0.15) is 28.8 Å². The monoisotopic (exact) mass is 362 g/mol. The number of unbranched alkanes of at least 4 members (excludes halogenated alkanes) is 3. The van der Waals surface area contributed by atoms with Crippen molar-refractivity contribution < 1.29 is 32.8 Å². The average molecular weight is 362 g/mol. The Hall–Kier alpha value is -0.0631. The fourth-order valence-electron chi connectivity index (χ4n) is 2.44. The van der Waals surface area contributed by atoms with Gasteiger partial charge in [-0.05, 0) is 12.8 Å². The summed E-state index contributed by atoms with van der Waals surface area (Å²) in [6.07, 6.45) is 5.61. The predicted octanol–water partition coefficient (Wildman–Crippen LogP) is 0.134. The molecule has 0 aromatic carbocycles. The maximum absolute atomic E-state index is 6.04. The van der Waals surface area contributed by atoms with Crippen LogP contribution < -0.4 is 0 Å². The van der Waals surface area contributed by atoms with Gasteiger partial charge >= 0.3 is 0 Å². The molecule has 3 unspecified atom stereocenters. The maximum Gasteiger partial charge on any atom is 0.283 e. The van der Waals surface area contributed by atoms with Crippen molar-refractivity contribution in [1.82, 2.24) is 0 Å². The van der Waals surface area contributed by atoms with E-state index in [-0.39, 0.29) is 18.3 Å². The number of hydrogen-bond donors (Lipinski definition) is 0. The SMILES string of the molecule is [SiH3]OCCCCCCC(OCC1CO1)(OCC1CO1)OCC1CO1. The Morgan fingerprint density at radius 1 is 0.750 bits per heavy atom. The fraction of sp³-hybridized carbons (Fsp3) is 1.00. The van der Waals surface area contributed by atoms with Gasteiger partial charge in [-0.25, -0.2) is 0 Å². The Bertz CT molecular complexity index is 318. The fourth-order valence-corrected chi connectivity index (χ4v) is 2.72. The zero-order valence-electron chi connectivity index (χ0n) is 14.6. The molecule has 3 saturated heterocycles. The summed E-state index contributed by atoms with van der Waals surface area (Å²) in [6, 6.07) is 0. The summed E-state index contributed by atoms with van der Waals surface area (Å²) in [6.45, 7) is 4.66. The van der Waals surface area contributed by atoms with E-state index in [1.54, 1.807) is 0 Å². The van der Waals surface area contributed by atoms with Gasteiger partial charge in [0.2, 0.25) is 0 Å². The first-order valence-electron chi connectivity index (χ1n) is 9.05. The van der Waals surface area contributed by atoms with Crippen LogP contribution in [0, 0.1) is 0 Å². The molecule has 0 aromatic heterocycles. The summed E-state index contributed by atoms with van der Waals surface area (Å²) >= 11 is 0. The molecule has 140 valence electrons. The van der Waals surface area contributed by atoms with Crippen LogP contribution in [0.15, 0.2) is 0 Å². The lowest BCUT2D eigenvalue weighted by atomic mass is 10.1. The first-order chi connectivity index (χ1) is 11.8. The second kappa shape index (κ2) is 9.58. The summed E-state index contributed by atoms with van der Waals surface area (Å²) in [4.78, 5) is 0. The highest BCUT2D eigenvalue weighted by molar-refractivity contribution is 5.97. The normalized spacial score (nSPS) is 30.2. The first-order valence-corrected chi connectivity index (χ1v) is 9.87. The topological polar surface area (TPSA) is 74.5 Å². The number of ether oxygens (including phenoxy) is 6. The number of hydrogen-bond acceptors (Lipinski definition) is 7. The Kier molecular flexibility index (Phi) is 7.48. The van der Waals surface area contributed by atoms with Crippen LogP contribution in [0.4, 0.5) is 0 Å². The molecule has 0 aromatic rings. The van der Waals surface area contributed by atoms with E-state index in [1.807, 2.05) is 0 Å². The molecule has 0 radical (unpaired) electrons. The first kappa shape index (κ1) is 18.7. The summed E-state index contributed by atoms with van der Waals surface area (Å²) in [5.74, 6) is -1.00. The molecule has 0 aliphatic carbocycles. The zero-order valence-corrected chi connectivity index (χ0v) is 16.6. The third-order valence-electron chi connectivity index (χ3n) is 4.26. The summed E-state index contributed by atoms with van der Waals surface area (Å²) in [5, 5.41) is 0. The van der Waals surface area contributed by atoms with Crippen molar-refractivity contribution in [3.8, 4) is 0 Å². The highest BCUT2D eigenvalue weighted by Gasteiger charge is 2.40. The molecule has 0 amide bonds. The van der Waals surface area contributed by atoms with Crippen molar-refractivity contribution in [2.45, 2.75) is 56.4 Å². The largest absolute Gasteiger partial charge is 0.428 e. The molecule has 24 heavy (non-hydrogen) atoms. The highest BCUT2D eigenvalue weighted by Crippen LogP contribution is 2.29. The van der Waals surface area contributed by atoms with E-state index in [9.17, 15) is 0 Å². The quantitative estimate of drug-likeness (QED) is 0.167. The van der Waals surface area contributed by atoms with Crippen LogP contribution in [0.3, 0.4) is 0 Å². The van der Waals surface area contributed by atoms with Crippen molar-refractivity contribution in [3.63, 3.8) is 0 Å². The average Bonchev–Trinajstić information content (AvgIpc) is 3.46. The minimum atomic E-state index is -1.00. The third-order valence-corrected chi connectivity index (χ3v) is 4.66. The lowest BCUT2D eigenvalue weighted by molar-refractivity contribution is -0.385. The number of epoxide rings is 3. The lowest BCUT2D eigenvalue weighted by Gasteiger charge is -2.33.